The molecule has 0 aliphatic heterocycles. The zero-order chi connectivity index (χ0) is 24.7. The van der Waals surface area contributed by atoms with Crippen molar-refractivity contribution in [3.05, 3.63) is 103 Å². The fourth-order valence-corrected chi connectivity index (χ4v) is 9.21. The molecule has 0 amide bonds. The minimum absolute atomic E-state index is 0.283. The summed E-state index contributed by atoms with van der Waals surface area (Å²) in [6.45, 7) is -2.92. The summed E-state index contributed by atoms with van der Waals surface area (Å²) in [7, 11) is 2.64. The average Bonchev–Trinajstić information content (AvgIpc) is 3.45. The number of hydrogen-bond acceptors (Lipinski definition) is 7. The maximum absolute atomic E-state index is 13.8. The number of aromatic nitrogens is 1. The highest BCUT2D eigenvalue weighted by molar-refractivity contribution is 7.96. The Morgan fingerprint density at radius 2 is 1.29 bits per heavy atom. The van der Waals surface area contributed by atoms with Crippen molar-refractivity contribution >= 4 is 56.5 Å². The molecule has 0 aliphatic carbocycles. The van der Waals surface area contributed by atoms with E-state index in [9.17, 15) is 9.59 Å². The Morgan fingerprint density at radius 3 is 1.66 bits per heavy atom. The number of hydrogen-bond donors (Lipinski definition) is 1. The number of methoxy groups -OCH3 is 2. The number of carbonyl (C=O) groups is 2. The lowest BCUT2D eigenvalue weighted by atomic mass is 10.2. The average molecular weight is 505 g/mol. The Hall–Kier alpha value is -3.67. The minimum Gasteiger partial charge on any atom is -0.467 e. The van der Waals surface area contributed by atoms with Gasteiger partial charge in [-0.25, -0.2) is 14.6 Å². The van der Waals surface area contributed by atoms with Gasteiger partial charge in [-0.05, 0) is 22.8 Å². The Kier molecular flexibility index (Phi) is 7.80. The number of anilines is 1. The molecule has 0 aliphatic rings. The second-order valence-electron chi connectivity index (χ2n) is 7.49. The molecule has 0 radical (unpaired) electrons. The van der Waals surface area contributed by atoms with Gasteiger partial charge in [0.1, 0.15) is 0 Å². The Balaban J connectivity index is 2.24. The lowest BCUT2D eigenvalue weighted by molar-refractivity contribution is -0.141. The van der Waals surface area contributed by atoms with Gasteiger partial charge in [-0.2, -0.15) is 0 Å². The molecule has 178 valence electrons. The molecular weight excluding hydrogens is 479 g/mol. The van der Waals surface area contributed by atoms with Gasteiger partial charge >= 0.3 is 11.9 Å². The van der Waals surface area contributed by atoms with Gasteiger partial charge in [-0.15, -0.1) is 11.3 Å². The van der Waals surface area contributed by atoms with Crippen molar-refractivity contribution in [1.82, 2.24) is 4.98 Å². The van der Waals surface area contributed by atoms with Crippen LogP contribution in [0.3, 0.4) is 0 Å². The second kappa shape index (κ2) is 11.2. The topological polar surface area (TPSA) is 77.5 Å². The molecule has 1 unspecified atom stereocenters. The SMILES string of the molecule is COC(=O)C(C(Nc1nccs1)C(=O)OC)=P(c1ccccc1)(c1ccccc1)c1ccccc1. The number of nitrogens with zero attached hydrogens (tertiary/aromatic N) is 1. The highest BCUT2D eigenvalue weighted by Gasteiger charge is 2.41. The highest BCUT2D eigenvalue weighted by Crippen LogP contribution is 2.47. The van der Waals surface area contributed by atoms with Crippen LogP contribution in [0, 0.1) is 0 Å². The smallest absolute Gasteiger partial charge is 0.337 e. The molecular formula is C27H25N2O4PS. The summed E-state index contributed by atoms with van der Waals surface area (Å²) in [6, 6.07) is 28.2. The van der Waals surface area contributed by atoms with Crippen LogP contribution in [0.15, 0.2) is 103 Å². The second-order valence-corrected chi connectivity index (χ2v) is 11.8. The minimum atomic E-state index is -2.92. The Labute approximate surface area is 208 Å². The van der Waals surface area contributed by atoms with Crippen LogP contribution in [0.25, 0.3) is 0 Å². The van der Waals surface area contributed by atoms with Crippen molar-refractivity contribution in [2.45, 2.75) is 6.04 Å². The first-order valence-corrected chi connectivity index (χ1v) is 13.5. The molecule has 1 heterocycles. The van der Waals surface area contributed by atoms with E-state index in [1.54, 1.807) is 11.6 Å². The van der Waals surface area contributed by atoms with Gasteiger partial charge in [0.2, 0.25) is 0 Å². The summed E-state index contributed by atoms with van der Waals surface area (Å²) in [5.74, 6) is -1.19. The van der Waals surface area contributed by atoms with E-state index in [1.165, 1.54) is 25.6 Å². The summed E-state index contributed by atoms with van der Waals surface area (Å²) in [6.07, 6.45) is 1.63. The van der Waals surface area contributed by atoms with Crippen molar-refractivity contribution in [2.75, 3.05) is 19.5 Å². The molecule has 8 heteroatoms. The number of thiazole rings is 1. The van der Waals surface area contributed by atoms with E-state index in [4.69, 9.17) is 9.47 Å². The first-order chi connectivity index (χ1) is 17.1. The van der Waals surface area contributed by atoms with Crippen LogP contribution in [0.2, 0.25) is 0 Å². The van der Waals surface area contributed by atoms with Crippen LogP contribution in [0.5, 0.6) is 0 Å². The lowest BCUT2D eigenvalue weighted by Gasteiger charge is -2.34. The Bertz CT molecular complexity index is 1220. The summed E-state index contributed by atoms with van der Waals surface area (Å²) >= 11 is 1.33. The maximum Gasteiger partial charge on any atom is 0.337 e. The van der Waals surface area contributed by atoms with Crippen molar-refractivity contribution in [1.29, 1.82) is 0 Å². The summed E-state index contributed by atoms with van der Waals surface area (Å²) in [4.78, 5) is 31.4. The van der Waals surface area contributed by atoms with Crippen molar-refractivity contribution in [3.8, 4) is 0 Å². The summed E-state index contributed by atoms with van der Waals surface area (Å²) in [5, 5.41) is 8.46. The highest BCUT2D eigenvalue weighted by atomic mass is 32.1. The van der Waals surface area contributed by atoms with E-state index in [1.807, 2.05) is 91.0 Å². The fourth-order valence-electron chi connectivity index (χ4n) is 4.15. The predicted octanol–water partition coefficient (Wildman–Crippen LogP) is 3.44. The number of ether oxygens (including phenoxy) is 2. The van der Waals surface area contributed by atoms with Gasteiger partial charge in [-0.3, -0.25) is 0 Å². The zero-order valence-electron chi connectivity index (χ0n) is 19.3. The van der Waals surface area contributed by atoms with E-state index in [2.05, 4.69) is 10.3 Å². The molecule has 0 saturated carbocycles. The van der Waals surface area contributed by atoms with Gasteiger partial charge in [0.15, 0.2) is 11.2 Å². The molecule has 4 aromatic rings. The molecule has 6 nitrogen and oxygen atoms in total. The van der Waals surface area contributed by atoms with E-state index in [-0.39, 0.29) is 5.29 Å². The van der Waals surface area contributed by atoms with Crippen LogP contribution < -0.4 is 21.2 Å². The van der Waals surface area contributed by atoms with Crippen molar-refractivity contribution < 1.29 is 19.1 Å². The normalized spacial score (nSPS) is 11.8. The number of esters is 2. The van der Waals surface area contributed by atoms with Crippen molar-refractivity contribution in [2.24, 2.45) is 0 Å². The monoisotopic (exact) mass is 504 g/mol. The third-order valence-corrected chi connectivity index (χ3v) is 10.7. The van der Waals surface area contributed by atoms with Gasteiger partial charge in [-0.1, -0.05) is 91.0 Å². The molecule has 1 atom stereocenters. The number of carbonyl (C=O) groups excluding carboxylic acids is 2. The molecule has 1 N–H and O–H groups in total. The quantitative estimate of drug-likeness (QED) is 0.293. The van der Waals surface area contributed by atoms with Crippen LogP contribution >= 0.6 is 18.2 Å². The van der Waals surface area contributed by atoms with Gasteiger partial charge < -0.3 is 14.8 Å². The van der Waals surface area contributed by atoms with E-state index >= 15 is 0 Å². The van der Waals surface area contributed by atoms with Gasteiger partial charge in [0, 0.05) is 11.6 Å². The summed E-state index contributed by atoms with van der Waals surface area (Å²) < 4.78 is 10.6. The molecule has 0 fully saturated rings. The first-order valence-electron chi connectivity index (χ1n) is 10.9. The van der Waals surface area contributed by atoms with E-state index in [0.29, 0.717) is 5.13 Å². The molecule has 1 aromatic heterocycles. The number of benzene rings is 3. The van der Waals surface area contributed by atoms with Crippen LogP contribution in [-0.2, 0) is 19.1 Å². The molecule has 4 rings (SSSR count). The van der Waals surface area contributed by atoms with E-state index in [0.717, 1.165) is 15.9 Å². The predicted molar refractivity (Wildman–Crippen MR) is 144 cm³/mol. The molecule has 35 heavy (non-hydrogen) atoms. The third-order valence-electron chi connectivity index (χ3n) is 5.60. The molecule has 0 spiro atoms. The van der Waals surface area contributed by atoms with E-state index < -0.39 is 24.9 Å². The maximum atomic E-state index is 13.8. The van der Waals surface area contributed by atoms with Crippen LogP contribution in [0.4, 0.5) is 5.13 Å². The Morgan fingerprint density at radius 1 is 0.800 bits per heavy atom. The van der Waals surface area contributed by atoms with Crippen LogP contribution in [-0.4, -0.2) is 42.5 Å². The molecule has 0 bridgehead atoms. The molecule has 3 aromatic carbocycles. The number of nitrogens with one attached hydrogen (secondary N) is 1. The lowest BCUT2D eigenvalue weighted by Crippen LogP contribution is -2.47. The van der Waals surface area contributed by atoms with Gasteiger partial charge in [0.05, 0.1) is 19.5 Å². The first kappa shape index (κ1) is 24.5. The molecule has 0 saturated heterocycles. The number of rotatable bonds is 8. The third kappa shape index (κ3) is 4.78. The standard InChI is InChI=1S/C27H25N2O4PS/c1-32-25(30)23(29-27-28-18-19-35-27)24(26(31)33-2)34(20-12-6-3-7-13-20,21-14-8-4-9-15-21)22-16-10-5-11-17-22/h3-19,23H,1-2H3,(H,28,29). The summed E-state index contributed by atoms with van der Waals surface area (Å²) in [5.41, 5.74) is 0. The fraction of sp³-hybridized carbons (Fsp3) is 0.111. The largest absolute Gasteiger partial charge is 0.467 e. The van der Waals surface area contributed by atoms with Crippen molar-refractivity contribution in [3.63, 3.8) is 0 Å². The van der Waals surface area contributed by atoms with Crippen LogP contribution in [0.1, 0.15) is 0 Å². The zero-order valence-corrected chi connectivity index (χ0v) is 21.0. The van der Waals surface area contributed by atoms with Gasteiger partial charge in [0.25, 0.3) is 0 Å².